The summed E-state index contributed by atoms with van der Waals surface area (Å²) in [4.78, 5) is 0. The molecule has 0 aromatic heterocycles. The van der Waals surface area contributed by atoms with Crippen LogP contribution in [0.15, 0.2) is 42.0 Å². The molecule has 106 valence electrons. The van der Waals surface area contributed by atoms with Crippen LogP contribution in [0.4, 0.5) is 13.2 Å². The van der Waals surface area contributed by atoms with Gasteiger partial charge in [0.2, 0.25) is 0 Å². The van der Waals surface area contributed by atoms with Crippen LogP contribution in [0, 0.1) is 11.8 Å². The Morgan fingerprint density at radius 2 is 1.95 bits per heavy atom. The number of allylic oxidation sites excluding steroid dienone is 1. The first-order valence-electron chi connectivity index (χ1n) is 6.12. The average Bonchev–Trinajstić information content (AvgIpc) is 2.41. The summed E-state index contributed by atoms with van der Waals surface area (Å²) >= 11 is 0. The second kappa shape index (κ2) is 5.70. The normalized spacial score (nSPS) is 25.1. The van der Waals surface area contributed by atoms with E-state index in [1.165, 1.54) is 0 Å². The summed E-state index contributed by atoms with van der Waals surface area (Å²) in [5, 5.41) is 9.68. The molecule has 1 aliphatic heterocycles. The highest BCUT2D eigenvalue weighted by atomic mass is 19.4. The highest BCUT2D eigenvalue weighted by Crippen LogP contribution is 2.41. The first-order chi connectivity index (χ1) is 9.43. The van der Waals surface area contributed by atoms with E-state index < -0.39 is 12.0 Å². The van der Waals surface area contributed by atoms with Crippen molar-refractivity contribution in [2.75, 3.05) is 6.61 Å². The fourth-order valence-electron chi connectivity index (χ4n) is 1.91. The lowest BCUT2D eigenvalue weighted by Gasteiger charge is -2.35. The van der Waals surface area contributed by atoms with Gasteiger partial charge in [-0.1, -0.05) is 30.0 Å². The molecule has 0 spiro atoms. The summed E-state index contributed by atoms with van der Waals surface area (Å²) in [5.74, 6) is 2.06. The number of ether oxygens (including phenoxy) is 1. The molecule has 1 aromatic carbocycles. The quantitative estimate of drug-likeness (QED) is 0.741. The monoisotopic (exact) mass is 282 g/mol. The Hall–Kier alpha value is -1.77. The van der Waals surface area contributed by atoms with Crippen LogP contribution in [-0.2, 0) is 4.74 Å². The van der Waals surface area contributed by atoms with Crippen molar-refractivity contribution in [1.29, 1.82) is 0 Å². The lowest BCUT2D eigenvalue weighted by atomic mass is 9.97. The minimum atomic E-state index is -4.87. The smallest absolute Gasteiger partial charge is 0.355 e. The van der Waals surface area contributed by atoms with Crippen LogP contribution in [0.1, 0.15) is 18.4 Å². The molecule has 2 rings (SSSR count). The minimum absolute atomic E-state index is 0.111. The summed E-state index contributed by atoms with van der Waals surface area (Å²) < 4.78 is 43.1. The summed E-state index contributed by atoms with van der Waals surface area (Å²) in [6.07, 6.45) is -3.23. The van der Waals surface area contributed by atoms with E-state index in [1.54, 1.807) is 24.3 Å². The third-order valence-electron chi connectivity index (χ3n) is 2.96. The van der Waals surface area contributed by atoms with Gasteiger partial charge in [0.25, 0.3) is 5.79 Å². The molecule has 0 aliphatic carbocycles. The van der Waals surface area contributed by atoms with Gasteiger partial charge >= 0.3 is 6.18 Å². The van der Waals surface area contributed by atoms with Crippen LogP contribution in [0.2, 0.25) is 0 Å². The number of aliphatic hydroxyl groups is 1. The van der Waals surface area contributed by atoms with E-state index in [1.807, 2.05) is 6.07 Å². The maximum atomic E-state index is 12.9. The SMILES string of the molecule is OC1(C(F)(F)F)OCCCC1=CC#Cc1ccccc1. The number of halogens is 3. The topological polar surface area (TPSA) is 29.5 Å². The van der Waals surface area contributed by atoms with Crippen molar-refractivity contribution in [2.24, 2.45) is 0 Å². The van der Waals surface area contributed by atoms with Gasteiger partial charge < -0.3 is 9.84 Å². The van der Waals surface area contributed by atoms with Crippen molar-refractivity contribution in [3.05, 3.63) is 47.5 Å². The fraction of sp³-hybridized carbons (Fsp3) is 0.333. The molecule has 1 fully saturated rings. The Labute approximate surface area is 114 Å². The Bertz CT molecular complexity index is 552. The van der Waals surface area contributed by atoms with E-state index in [0.717, 1.165) is 6.08 Å². The van der Waals surface area contributed by atoms with Gasteiger partial charge in [0.15, 0.2) is 0 Å². The van der Waals surface area contributed by atoms with Crippen molar-refractivity contribution in [3.63, 3.8) is 0 Å². The van der Waals surface area contributed by atoms with Crippen molar-refractivity contribution in [3.8, 4) is 11.8 Å². The molecule has 1 heterocycles. The van der Waals surface area contributed by atoms with Crippen molar-refractivity contribution in [1.82, 2.24) is 0 Å². The van der Waals surface area contributed by atoms with Crippen LogP contribution >= 0.6 is 0 Å². The second-order valence-electron chi connectivity index (χ2n) is 4.40. The Morgan fingerprint density at radius 3 is 2.60 bits per heavy atom. The predicted molar refractivity (Wildman–Crippen MR) is 67.6 cm³/mol. The number of hydrogen-bond acceptors (Lipinski definition) is 2. The van der Waals surface area contributed by atoms with Crippen LogP contribution in [0.3, 0.4) is 0 Å². The minimum Gasteiger partial charge on any atom is -0.355 e. The summed E-state index contributed by atoms with van der Waals surface area (Å²) in [7, 11) is 0. The average molecular weight is 282 g/mol. The van der Waals surface area contributed by atoms with E-state index in [2.05, 4.69) is 16.6 Å². The molecule has 1 aliphatic rings. The molecular weight excluding hydrogens is 269 g/mol. The highest BCUT2D eigenvalue weighted by Gasteiger charge is 2.58. The molecule has 2 nitrogen and oxygen atoms in total. The molecule has 1 unspecified atom stereocenters. The van der Waals surface area contributed by atoms with Gasteiger partial charge in [0.1, 0.15) is 0 Å². The fourth-order valence-corrected chi connectivity index (χ4v) is 1.91. The van der Waals surface area contributed by atoms with E-state index in [4.69, 9.17) is 0 Å². The van der Waals surface area contributed by atoms with Gasteiger partial charge in [-0.05, 0) is 31.1 Å². The summed E-state index contributed by atoms with van der Waals surface area (Å²) in [6, 6.07) is 8.89. The van der Waals surface area contributed by atoms with Crippen molar-refractivity contribution in [2.45, 2.75) is 24.8 Å². The molecule has 1 N–H and O–H groups in total. The number of rotatable bonds is 0. The van der Waals surface area contributed by atoms with Crippen molar-refractivity contribution >= 4 is 0 Å². The highest BCUT2D eigenvalue weighted by molar-refractivity contribution is 5.38. The van der Waals surface area contributed by atoms with Gasteiger partial charge in [-0.15, -0.1) is 0 Å². The van der Waals surface area contributed by atoms with Crippen LogP contribution in [0.25, 0.3) is 0 Å². The maximum Gasteiger partial charge on any atom is 0.447 e. The molecule has 1 saturated heterocycles. The molecule has 1 atom stereocenters. The Kier molecular flexibility index (Phi) is 4.17. The van der Waals surface area contributed by atoms with Gasteiger partial charge in [-0.25, -0.2) is 0 Å². The van der Waals surface area contributed by atoms with Crippen LogP contribution in [0.5, 0.6) is 0 Å². The van der Waals surface area contributed by atoms with Crippen LogP contribution < -0.4 is 0 Å². The molecule has 20 heavy (non-hydrogen) atoms. The molecule has 0 amide bonds. The summed E-state index contributed by atoms with van der Waals surface area (Å²) in [5.41, 5.74) is 0.441. The lowest BCUT2D eigenvalue weighted by Crippen LogP contribution is -2.51. The van der Waals surface area contributed by atoms with E-state index >= 15 is 0 Å². The van der Waals surface area contributed by atoms with Crippen LogP contribution in [-0.4, -0.2) is 23.7 Å². The van der Waals surface area contributed by atoms with Gasteiger partial charge in [0.05, 0.1) is 6.61 Å². The first kappa shape index (κ1) is 14.6. The number of hydrogen-bond donors (Lipinski definition) is 1. The van der Waals surface area contributed by atoms with E-state index in [-0.39, 0.29) is 18.6 Å². The third kappa shape index (κ3) is 3.03. The van der Waals surface area contributed by atoms with E-state index in [9.17, 15) is 18.3 Å². The molecule has 0 bridgehead atoms. The Balaban J connectivity index is 2.26. The molecule has 5 heteroatoms. The standard InChI is InChI=1S/C15H13F3O2/c16-15(17,18)14(19)13(10-5-11-20-14)9-4-8-12-6-2-1-3-7-12/h1-3,6-7,9,19H,5,10-11H2. The zero-order chi connectivity index (χ0) is 14.6. The van der Waals surface area contributed by atoms with Gasteiger partial charge in [-0.3, -0.25) is 0 Å². The maximum absolute atomic E-state index is 12.9. The van der Waals surface area contributed by atoms with Gasteiger partial charge in [-0.2, -0.15) is 13.2 Å². The molecule has 1 aromatic rings. The molecular formula is C15H13F3O2. The zero-order valence-corrected chi connectivity index (χ0v) is 10.6. The first-order valence-corrected chi connectivity index (χ1v) is 6.12. The second-order valence-corrected chi connectivity index (χ2v) is 4.40. The molecule has 0 saturated carbocycles. The largest absolute Gasteiger partial charge is 0.447 e. The number of benzene rings is 1. The Morgan fingerprint density at radius 1 is 1.25 bits per heavy atom. The predicted octanol–water partition coefficient (Wildman–Crippen LogP) is 3.03. The van der Waals surface area contributed by atoms with E-state index in [0.29, 0.717) is 12.0 Å². The third-order valence-corrected chi connectivity index (χ3v) is 2.96. The number of alkyl halides is 3. The van der Waals surface area contributed by atoms with Gasteiger partial charge in [0, 0.05) is 11.1 Å². The zero-order valence-electron chi connectivity index (χ0n) is 10.6. The summed E-state index contributed by atoms with van der Waals surface area (Å²) in [6.45, 7) is -0.126. The molecule has 0 radical (unpaired) electrons. The van der Waals surface area contributed by atoms with Crippen molar-refractivity contribution < 1.29 is 23.0 Å². The lowest BCUT2D eigenvalue weighted by molar-refractivity contribution is -0.352.